The zero-order valence-corrected chi connectivity index (χ0v) is 10.0. The van der Waals surface area contributed by atoms with Crippen molar-refractivity contribution < 1.29 is 22.7 Å². The second-order valence-corrected chi connectivity index (χ2v) is 4.15. The van der Waals surface area contributed by atoms with Gasteiger partial charge in [-0.25, -0.2) is 4.98 Å². The molecule has 0 aliphatic heterocycles. The van der Waals surface area contributed by atoms with E-state index in [-0.39, 0.29) is 0 Å². The van der Waals surface area contributed by atoms with Crippen LogP contribution >= 0.6 is 11.3 Å². The Labute approximate surface area is 100 Å². The van der Waals surface area contributed by atoms with Gasteiger partial charge >= 0.3 is 6.18 Å². The first-order valence-electron chi connectivity index (χ1n) is 4.66. The molecule has 8 heteroatoms. The van der Waals surface area contributed by atoms with Gasteiger partial charge in [-0.1, -0.05) is 0 Å². The molecule has 1 aromatic heterocycles. The third-order valence-electron chi connectivity index (χ3n) is 1.88. The van der Waals surface area contributed by atoms with Crippen molar-refractivity contribution in [2.75, 3.05) is 18.6 Å². The van der Waals surface area contributed by atoms with E-state index >= 15 is 0 Å². The quantitative estimate of drug-likeness (QED) is 0.839. The lowest BCUT2D eigenvalue weighted by Crippen LogP contribution is -2.38. The van der Waals surface area contributed by atoms with Crippen molar-refractivity contribution in [1.29, 1.82) is 0 Å². The van der Waals surface area contributed by atoms with Gasteiger partial charge in [-0.3, -0.25) is 9.69 Å². The molecule has 1 unspecified atom stereocenters. The van der Waals surface area contributed by atoms with Crippen LogP contribution in [0.3, 0.4) is 0 Å². The Balaban J connectivity index is 2.52. The fourth-order valence-corrected chi connectivity index (χ4v) is 1.65. The minimum absolute atomic E-state index is 0.414. The number of anilines is 1. The van der Waals surface area contributed by atoms with E-state index in [4.69, 9.17) is 0 Å². The summed E-state index contributed by atoms with van der Waals surface area (Å²) in [5.74, 6) is -0.566. The summed E-state index contributed by atoms with van der Waals surface area (Å²) in [5, 5.41) is 2.08. The molecule has 0 radical (unpaired) electrons. The van der Waals surface area contributed by atoms with Gasteiger partial charge in [0.2, 0.25) is 0 Å². The Morgan fingerprint density at radius 1 is 1.65 bits per heavy atom. The van der Waals surface area contributed by atoms with E-state index in [0.717, 1.165) is 0 Å². The monoisotopic (exact) mass is 268 g/mol. The largest absolute Gasteiger partial charge is 0.411 e. The summed E-state index contributed by atoms with van der Waals surface area (Å²) in [4.78, 5) is 16.7. The number of ether oxygens (including phenoxy) is 1. The molecule has 17 heavy (non-hydrogen) atoms. The number of hydrogen-bond donors (Lipinski definition) is 0. The maximum Gasteiger partial charge on any atom is 0.411 e. The van der Waals surface area contributed by atoms with Crippen LogP contribution in [0.15, 0.2) is 11.6 Å². The Bertz CT molecular complexity index is 367. The summed E-state index contributed by atoms with van der Waals surface area (Å²) in [5.41, 5.74) is 0. The molecule has 96 valence electrons. The lowest BCUT2D eigenvalue weighted by molar-refractivity contribution is -0.185. The van der Waals surface area contributed by atoms with Gasteiger partial charge < -0.3 is 4.74 Å². The van der Waals surface area contributed by atoms with Crippen LogP contribution in [0.25, 0.3) is 0 Å². The van der Waals surface area contributed by atoms with Gasteiger partial charge in [0.1, 0.15) is 12.7 Å². The number of amides is 1. The molecule has 0 aromatic carbocycles. The fraction of sp³-hybridized carbons (Fsp3) is 0.556. The summed E-state index contributed by atoms with van der Waals surface area (Å²) >= 11 is 1.22. The van der Waals surface area contributed by atoms with Crippen LogP contribution in [-0.2, 0) is 9.53 Å². The third-order valence-corrected chi connectivity index (χ3v) is 2.73. The predicted molar refractivity (Wildman–Crippen MR) is 57.0 cm³/mol. The van der Waals surface area contributed by atoms with Crippen molar-refractivity contribution in [2.45, 2.75) is 19.2 Å². The SMILES string of the molecule is CC(OCC(F)(F)F)C(=O)N(C)c1nccs1. The van der Waals surface area contributed by atoms with Crippen molar-refractivity contribution in [3.63, 3.8) is 0 Å². The molecule has 4 nitrogen and oxygen atoms in total. The van der Waals surface area contributed by atoms with Gasteiger partial charge in [0.15, 0.2) is 5.13 Å². The predicted octanol–water partition coefficient (Wildman–Crippen LogP) is 2.07. The van der Waals surface area contributed by atoms with Crippen LogP contribution in [0.2, 0.25) is 0 Å². The highest BCUT2D eigenvalue weighted by molar-refractivity contribution is 7.13. The number of halogens is 3. The number of thiazole rings is 1. The molecule has 0 bridgehead atoms. The Hall–Kier alpha value is -1.15. The number of nitrogens with zero attached hydrogens (tertiary/aromatic N) is 2. The van der Waals surface area contributed by atoms with E-state index in [1.165, 1.54) is 36.4 Å². The van der Waals surface area contributed by atoms with Gasteiger partial charge in [0, 0.05) is 18.6 Å². The zero-order valence-electron chi connectivity index (χ0n) is 9.19. The topological polar surface area (TPSA) is 42.4 Å². The van der Waals surface area contributed by atoms with E-state index in [0.29, 0.717) is 5.13 Å². The molecule has 1 amide bonds. The van der Waals surface area contributed by atoms with Crippen LogP contribution in [0.4, 0.5) is 18.3 Å². The smallest absolute Gasteiger partial charge is 0.359 e. The highest BCUT2D eigenvalue weighted by Crippen LogP contribution is 2.19. The van der Waals surface area contributed by atoms with Gasteiger partial charge in [0.05, 0.1) is 0 Å². The van der Waals surface area contributed by atoms with Gasteiger partial charge in [-0.05, 0) is 6.92 Å². The standard InChI is InChI=1S/C9H11F3N2O2S/c1-6(16-5-9(10,11)12)7(15)14(2)8-13-3-4-17-8/h3-4,6H,5H2,1-2H3. The number of aromatic nitrogens is 1. The molecule has 0 aliphatic rings. The summed E-state index contributed by atoms with van der Waals surface area (Å²) in [7, 11) is 1.44. The molecular weight excluding hydrogens is 257 g/mol. The first kappa shape index (κ1) is 13.9. The number of likely N-dealkylation sites (N-methyl/N-ethyl adjacent to an activating group) is 1. The van der Waals surface area contributed by atoms with Gasteiger partial charge in [0.25, 0.3) is 5.91 Å². The summed E-state index contributed by atoms with van der Waals surface area (Å²) < 4.78 is 40.1. The van der Waals surface area contributed by atoms with Crippen LogP contribution in [0.1, 0.15) is 6.92 Å². The Kier molecular flexibility index (Phi) is 4.47. The van der Waals surface area contributed by atoms with E-state index in [1.807, 2.05) is 0 Å². The summed E-state index contributed by atoms with van der Waals surface area (Å²) in [6.45, 7) is -0.163. The molecule has 0 fully saturated rings. The summed E-state index contributed by atoms with van der Waals surface area (Å²) in [6, 6.07) is 0. The lowest BCUT2D eigenvalue weighted by Gasteiger charge is -2.19. The van der Waals surface area contributed by atoms with E-state index < -0.39 is 24.8 Å². The number of carbonyl (C=O) groups excluding carboxylic acids is 1. The van der Waals surface area contributed by atoms with Crippen molar-refractivity contribution in [3.05, 3.63) is 11.6 Å². The first-order chi connectivity index (χ1) is 7.81. The molecular formula is C9H11F3N2O2S. The van der Waals surface area contributed by atoms with Crippen molar-refractivity contribution >= 4 is 22.4 Å². The van der Waals surface area contributed by atoms with E-state index in [9.17, 15) is 18.0 Å². The third kappa shape index (κ3) is 4.31. The second-order valence-electron chi connectivity index (χ2n) is 3.28. The highest BCUT2D eigenvalue weighted by atomic mass is 32.1. The molecule has 0 saturated heterocycles. The lowest BCUT2D eigenvalue weighted by atomic mass is 10.3. The molecule has 0 N–H and O–H groups in total. The minimum atomic E-state index is -4.44. The number of alkyl halides is 3. The number of carbonyl (C=O) groups is 1. The molecule has 0 aliphatic carbocycles. The minimum Gasteiger partial charge on any atom is -0.359 e. The van der Waals surface area contributed by atoms with E-state index in [2.05, 4.69) is 9.72 Å². The maximum atomic E-state index is 11.9. The summed E-state index contributed by atoms with van der Waals surface area (Å²) in [6.07, 6.45) is -4.09. The Morgan fingerprint density at radius 2 is 2.29 bits per heavy atom. The maximum absolute atomic E-state index is 11.9. The van der Waals surface area contributed by atoms with Crippen molar-refractivity contribution in [2.24, 2.45) is 0 Å². The van der Waals surface area contributed by atoms with Gasteiger partial charge in [-0.15, -0.1) is 11.3 Å². The second kappa shape index (κ2) is 5.46. The van der Waals surface area contributed by atoms with Crippen LogP contribution < -0.4 is 4.90 Å². The van der Waals surface area contributed by atoms with Crippen molar-refractivity contribution in [3.8, 4) is 0 Å². The fourth-order valence-electron chi connectivity index (χ4n) is 1.04. The van der Waals surface area contributed by atoms with Gasteiger partial charge in [-0.2, -0.15) is 13.2 Å². The molecule has 1 rings (SSSR count). The van der Waals surface area contributed by atoms with Crippen LogP contribution in [0.5, 0.6) is 0 Å². The molecule has 1 atom stereocenters. The number of rotatable bonds is 4. The molecule has 0 saturated carbocycles. The first-order valence-corrected chi connectivity index (χ1v) is 5.54. The molecule has 0 spiro atoms. The normalized spacial score (nSPS) is 13.5. The molecule has 1 heterocycles. The van der Waals surface area contributed by atoms with Crippen LogP contribution in [-0.4, -0.2) is 36.8 Å². The number of hydrogen-bond acceptors (Lipinski definition) is 4. The zero-order chi connectivity index (χ0) is 13.1. The Morgan fingerprint density at radius 3 is 2.76 bits per heavy atom. The molecule has 1 aromatic rings. The van der Waals surface area contributed by atoms with Crippen molar-refractivity contribution in [1.82, 2.24) is 4.98 Å². The highest BCUT2D eigenvalue weighted by Gasteiger charge is 2.31. The van der Waals surface area contributed by atoms with Crippen LogP contribution in [0, 0.1) is 0 Å². The average Bonchev–Trinajstić information content (AvgIpc) is 2.76. The average molecular weight is 268 g/mol. The van der Waals surface area contributed by atoms with E-state index in [1.54, 1.807) is 5.38 Å².